The highest BCUT2D eigenvalue weighted by Gasteiger charge is 2.26. The van der Waals surface area contributed by atoms with Gasteiger partial charge in [0.25, 0.3) is 0 Å². The van der Waals surface area contributed by atoms with Crippen molar-refractivity contribution >= 4 is 34.6 Å². The highest BCUT2D eigenvalue weighted by Crippen LogP contribution is 2.32. The van der Waals surface area contributed by atoms with Crippen LogP contribution in [-0.2, 0) is 9.59 Å². The molecule has 1 aliphatic heterocycles. The first-order valence-corrected chi connectivity index (χ1v) is 9.28. The van der Waals surface area contributed by atoms with Crippen LogP contribution in [-0.4, -0.2) is 24.1 Å². The summed E-state index contributed by atoms with van der Waals surface area (Å²) >= 11 is 0. The van der Waals surface area contributed by atoms with Crippen molar-refractivity contribution in [3.63, 3.8) is 0 Å². The first-order valence-electron chi connectivity index (χ1n) is 9.28. The third-order valence-electron chi connectivity index (χ3n) is 4.66. The summed E-state index contributed by atoms with van der Waals surface area (Å²) in [4.78, 5) is 31.5. The number of carbonyl (C=O) groups is 2. The molecule has 0 atom stereocenters. The van der Waals surface area contributed by atoms with Crippen LogP contribution in [0.3, 0.4) is 0 Å². The number of anilines is 2. The molecule has 7 heteroatoms. The van der Waals surface area contributed by atoms with Gasteiger partial charge in [0.15, 0.2) is 0 Å². The summed E-state index contributed by atoms with van der Waals surface area (Å²) in [5.74, 6) is -2.54. The van der Waals surface area contributed by atoms with Crippen molar-refractivity contribution in [2.24, 2.45) is 4.99 Å². The highest BCUT2D eigenvalue weighted by molar-refractivity contribution is 6.18. The maximum absolute atomic E-state index is 13.9. The smallest absolute Gasteiger partial charge is 0.244 e. The Balaban J connectivity index is 1.60. The number of nitrogens with zero attached hydrogens (tertiary/aromatic N) is 2. The van der Waals surface area contributed by atoms with Gasteiger partial charge in [-0.3, -0.25) is 14.6 Å². The molecule has 0 spiro atoms. The third kappa shape index (κ3) is 4.10. The van der Waals surface area contributed by atoms with Crippen molar-refractivity contribution in [3.8, 4) is 0 Å². The van der Waals surface area contributed by atoms with Gasteiger partial charge in [0, 0.05) is 6.07 Å². The summed E-state index contributed by atoms with van der Waals surface area (Å²) < 4.78 is 26.9. The standard InChI is InChI=1S/C23H17F2N3O2/c24-16-10-11-18(17(25)12-16)27-22(29)14-28-21-9-5-4-8-19(21)26-20(13-23(28)30)15-6-2-1-3-7-15/h1-12H,13-14H2,(H,27,29). The molecule has 3 aromatic carbocycles. The number of hydrogen-bond acceptors (Lipinski definition) is 3. The number of hydrogen-bond donors (Lipinski definition) is 1. The lowest BCUT2D eigenvalue weighted by Crippen LogP contribution is -2.38. The Kier molecular flexibility index (Phi) is 5.34. The topological polar surface area (TPSA) is 61.8 Å². The van der Waals surface area contributed by atoms with Crippen LogP contribution in [0.5, 0.6) is 0 Å². The molecule has 0 saturated carbocycles. The molecule has 0 bridgehead atoms. The van der Waals surface area contributed by atoms with Crippen molar-refractivity contribution in [1.29, 1.82) is 0 Å². The van der Waals surface area contributed by atoms with E-state index in [1.54, 1.807) is 24.3 Å². The van der Waals surface area contributed by atoms with Crippen LogP contribution in [0.2, 0.25) is 0 Å². The van der Waals surface area contributed by atoms with Gasteiger partial charge in [0.05, 0.1) is 29.2 Å². The first-order chi connectivity index (χ1) is 14.5. The van der Waals surface area contributed by atoms with Gasteiger partial charge in [-0.2, -0.15) is 0 Å². The Morgan fingerprint density at radius 2 is 1.73 bits per heavy atom. The molecule has 1 aliphatic rings. The molecule has 1 N–H and O–H groups in total. The van der Waals surface area contributed by atoms with E-state index in [1.807, 2.05) is 30.3 Å². The van der Waals surface area contributed by atoms with Gasteiger partial charge in [-0.15, -0.1) is 0 Å². The number of halogens is 2. The van der Waals surface area contributed by atoms with E-state index in [0.29, 0.717) is 23.2 Å². The second kappa shape index (κ2) is 8.24. The second-order valence-corrected chi connectivity index (χ2v) is 6.74. The minimum atomic E-state index is -0.888. The van der Waals surface area contributed by atoms with Crippen LogP contribution in [0, 0.1) is 11.6 Å². The van der Waals surface area contributed by atoms with E-state index in [2.05, 4.69) is 10.3 Å². The third-order valence-corrected chi connectivity index (χ3v) is 4.66. The van der Waals surface area contributed by atoms with Crippen molar-refractivity contribution in [1.82, 2.24) is 0 Å². The van der Waals surface area contributed by atoms with Gasteiger partial charge < -0.3 is 10.2 Å². The van der Waals surface area contributed by atoms with E-state index in [-0.39, 0.29) is 24.6 Å². The Hall–Kier alpha value is -3.87. The summed E-state index contributed by atoms with van der Waals surface area (Å²) in [6, 6.07) is 19.2. The van der Waals surface area contributed by atoms with Crippen molar-refractivity contribution in [3.05, 3.63) is 90.0 Å². The molecule has 30 heavy (non-hydrogen) atoms. The average Bonchev–Trinajstić information content (AvgIpc) is 2.88. The van der Waals surface area contributed by atoms with Crippen LogP contribution < -0.4 is 10.2 Å². The lowest BCUT2D eigenvalue weighted by atomic mass is 10.1. The Labute approximate surface area is 171 Å². The lowest BCUT2D eigenvalue weighted by molar-refractivity contribution is -0.120. The molecular formula is C23H17F2N3O2. The number of amides is 2. The summed E-state index contributed by atoms with van der Waals surface area (Å²) in [6.07, 6.45) is 0.0108. The van der Waals surface area contributed by atoms with Gasteiger partial charge in [-0.25, -0.2) is 8.78 Å². The van der Waals surface area contributed by atoms with Crippen LogP contribution in [0.15, 0.2) is 77.8 Å². The largest absolute Gasteiger partial charge is 0.322 e. The zero-order valence-corrected chi connectivity index (χ0v) is 15.8. The second-order valence-electron chi connectivity index (χ2n) is 6.74. The molecule has 0 fully saturated rings. The fraction of sp³-hybridized carbons (Fsp3) is 0.0870. The quantitative estimate of drug-likeness (QED) is 0.697. The molecule has 0 radical (unpaired) electrons. The molecule has 0 aliphatic carbocycles. The van der Waals surface area contributed by atoms with Crippen LogP contribution in [0.1, 0.15) is 12.0 Å². The van der Waals surface area contributed by atoms with Gasteiger partial charge in [0.2, 0.25) is 11.8 Å². The molecule has 0 saturated heterocycles. The van der Waals surface area contributed by atoms with E-state index in [0.717, 1.165) is 17.7 Å². The molecular weight excluding hydrogens is 388 g/mol. The van der Waals surface area contributed by atoms with Crippen molar-refractivity contribution < 1.29 is 18.4 Å². The Bertz CT molecular complexity index is 1150. The van der Waals surface area contributed by atoms with Gasteiger partial charge in [0.1, 0.15) is 18.2 Å². The predicted molar refractivity (Wildman–Crippen MR) is 111 cm³/mol. The minimum absolute atomic E-state index is 0.0108. The molecule has 4 rings (SSSR count). The van der Waals surface area contributed by atoms with Crippen LogP contribution in [0.25, 0.3) is 0 Å². The van der Waals surface area contributed by atoms with Gasteiger partial charge in [-0.1, -0.05) is 42.5 Å². The van der Waals surface area contributed by atoms with E-state index in [9.17, 15) is 18.4 Å². The monoisotopic (exact) mass is 405 g/mol. The molecule has 0 unspecified atom stereocenters. The summed E-state index contributed by atoms with van der Waals surface area (Å²) in [5, 5.41) is 2.39. The summed E-state index contributed by atoms with van der Waals surface area (Å²) in [7, 11) is 0. The maximum Gasteiger partial charge on any atom is 0.244 e. The molecule has 2 amide bonds. The zero-order valence-electron chi connectivity index (χ0n) is 15.8. The normalized spacial score (nSPS) is 13.3. The SMILES string of the molecule is O=C(CN1C(=O)CC(c2ccccc2)=Nc2ccccc21)Nc1ccc(F)cc1F. The number of rotatable bonds is 4. The number of benzene rings is 3. The van der Waals surface area contributed by atoms with Gasteiger partial charge in [-0.05, 0) is 29.8 Å². The van der Waals surface area contributed by atoms with E-state index in [1.165, 1.54) is 4.90 Å². The number of nitrogens with one attached hydrogen (secondary N) is 1. The Morgan fingerprint density at radius 3 is 2.50 bits per heavy atom. The summed E-state index contributed by atoms with van der Waals surface area (Å²) in [6.45, 7) is -0.329. The Morgan fingerprint density at radius 1 is 1.00 bits per heavy atom. The van der Waals surface area contributed by atoms with Crippen LogP contribution in [0.4, 0.5) is 25.8 Å². The van der Waals surface area contributed by atoms with E-state index >= 15 is 0 Å². The fourth-order valence-electron chi connectivity index (χ4n) is 3.24. The number of fused-ring (bicyclic) bond motifs is 1. The number of aliphatic imine (C=N–C) groups is 1. The molecule has 5 nitrogen and oxygen atoms in total. The minimum Gasteiger partial charge on any atom is -0.322 e. The predicted octanol–water partition coefficient (Wildman–Crippen LogP) is 4.46. The molecule has 0 aromatic heterocycles. The number of carbonyl (C=O) groups excluding carboxylic acids is 2. The average molecular weight is 405 g/mol. The number of para-hydroxylation sites is 2. The fourth-order valence-corrected chi connectivity index (χ4v) is 3.24. The highest BCUT2D eigenvalue weighted by atomic mass is 19.1. The lowest BCUT2D eigenvalue weighted by Gasteiger charge is -2.22. The molecule has 150 valence electrons. The van der Waals surface area contributed by atoms with E-state index in [4.69, 9.17) is 0 Å². The molecule has 3 aromatic rings. The van der Waals surface area contributed by atoms with Gasteiger partial charge >= 0.3 is 0 Å². The van der Waals surface area contributed by atoms with Crippen molar-refractivity contribution in [2.45, 2.75) is 6.42 Å². The van der Waals surface area contributed by atoms with Crippen LogP contribution >= 0.6 is 0 Å². The zero-order chi connectivity index (χ0) is 21.1. The van der Waals surface area contributed by atoms with Crippen molar-refractivity contribution in [2.75, 3.05) is 16.8 Å². The maximum atomic E-state index is 13.9. The molecule has 1 heterocycles. The first kappa shape index (κ1) is 19.4. The van der Waals surface area contributed by atoms with E-state index < -0.39 is 17.5 Å². The summed E-state index contributed by atoms with van der Waals surface area (Å²) in [5.41, 5.74) is 2.31.